The zero-order valence-electron chi connectivity index (χ0n) is 16.3. The maximum atomic E-state index is 13.2. The predicted molar refractivity (Wildman–Crippen MR) is 86.4 cm³/mol. The number of Topliss-reactive ketones (excluding diaryl/α,β-unsaturated/α-hetero) is 1. The molecule has 1 atom stereocenters. The summed E-state index contributed by atoms with van der Waals surface area (Å²) in [6.07, 6.45) is -14.9. The largest absolute Gasteiger partial charge is 0.748 e. The molecule has 0 spiro atoms. The van der Waals surface area contributed by atoms with Gasteiger partial charge >= 0.3 is 30.0 Å². The second kappa shape index (κ2) is 8.44. The number of halogens is 6. The molecule has 0 saturated carbocycles. The van der Waals surface area contributed by atoms with Crippen molar-refractivity contribution in [2.24, 2.45) is 5.92 Å². The summed E-state index contributed by atoms with van der Waals surface area (Å²) in [6.45, 7) is 3.06. The molecule has 0 radical (unpaired) electrons. The number of alkyl halides is 6. The van der Waals surface area contributed by atoms with Crippen molar-refractivity contribution in [3.05, 3.63) is 0 Å². The Morgan fingerprint density at radius 3 is 1.94 bits per heavy atom. The molecule has 1 aliphatic rings. The SMILES string of the molecule is CC(C)(C)OC(=O)N1CCC(=O)C(C(=O)OC(CS(=O)(=O)[O-])(C(F)(F)F)C(F)(F)F)C1. The molecule has 1 aliphatic heterocycles. The molecule has 1 amide bonds. The van der Waals surface area contributed by atoms with Crippen molar-refractivity contribution in [1.82, 2.24) is 4.90 Å². The summed E-state index contributed by atoms with van der Waals surface area (Å²) < 4.78 is 120. The average molecular weight is 486 g/mol. The molecule has 1 rings (SSSR count). The van der Waals surface area contributed by atoms with Crippen LogP contribution in [0.5, 0.6) is 0 Å². The maximum Gasteiger partial charge on any atom is 0.438 e. The first-order chi connectivity index (χ1) is 13.6. The van der Waals surface area contributed by atoms with Gasteiger partial charge < -0.3 is 18.9 Å². The second-order valence-electron chi connectivity index (χ2n) is 7.64. The lowest BCUT2D eigenvalue weighted by molar-refractivity contribution is -0.362. The zero-order valence-corrected chi connectivity index (χ0v) is 17.1. The number of amides is 1. The van der Waals surface area contributed by atoms with E-state index in [2.05, 4.69) is 4.74 Å². The Hall–Kier alpha value is -2.10. The quantitative estimate of drug-likeness (QED) is 0.254. The lowest BCUT2D eigenvalue weighted by Crippen LogP contribution is -2.64. The summed E-state index contributed by atoms with van der Waals surface area (Å²) >= 11 is 0. The highest BCUT2D eigenvalue weighted by atomic mass is 32.2. The van der Waals surface area contributed by atoms with Crippen molar-refractivity contribution in [3.63, 3.8) is 0 Å². The van der Waals surface area contributed by atoms with E-state index in [0.717, 1.165) is 0 Å². The molecule has 9 nitrogen and oxygen atoms in total. The third-order valence-corrected chi connectivity index (χ3v) is 4.69. The van der Waals surface area contributed by atoms with Gasteiger partial charge in [0.2, 0.25) is 0 Å². The summed E-state index contributed by atoms with van der Waals surface area (Å²) in [7, 11) is -6.22. The van der Waals surface area contributed by atoms with Crippen LogP contribution >= 0.6 is 0 Å². The maximum absolute atomic E-state index is 13.2. The van der Waals surface area contributed by atoms with Crippen LogP contribution in [-0.2, 0) is 29.2 Å². The number of hydrogen-bond acceptors (Lipinski definition) is 8. The van der Waals surface area contributed by atoms with E-state index in [1.807, 2.05) is 0 Å². The zero-order chi connectivity index (χ0) is 24.6. The number of ether oxygens (including phenoxy) is 2. The molecule has 0 aromatic carbocycles. The minimum absolute atomic E-state index is 0.337. The summed E-state index contributed by atoms with van der Waals surface area (Å²) in [4.78, 5) is 36.8. The Balaban J connectivity index is 3.27. The van der Waals surface area contributed by atoms with Crippen molar-refractivity contribution in [3.8, 4) is 0 Å². The summed E-state index contributed by atoms with van der Waals surface area (Å²) in [6, 6.07) is 0. The Bertz CT molecular complexity index is 816. The van der Waals surface area contributed by atoms with Crippen molar-refractivity contribution in [2.75, 3.05) is 18.8 Å². The van der Waals surface area contributed by atoms with Crippen LogP contribution in [0.2, 0.25) is 0 Å². The highest BCUT2D eigenvalue weighted by molar-refractivity contribution is 7.85. The average Bonchev–Trinajstić information content (AvgIpc) is 2.49. The molecule has 0 aromatic rings. The van der Waals surface area contributed by atoms with Crippen LogP contribution in [0.3, 0.4) is 0 Å². The van der Waals surface area contributed by atoms with Crippen molar-refractivity contribution >= 4 is 28.0 Å². The minimum Gasteiger partial charge on any atom is -0.748 e. The van der Waals surface area contributed by atoms with E-state index >= 15 is 0 Å². The van der Waals surface area contributed by atoms with Gasteiger partial charge in [-0.25, -0.2) is 13.2 Å². The van der Waals surface area contributed by atoms with Gasteiger partial charge in [0.25, 0.3) is 0 Å². The molecular weight excluding hydrogens is 468 g/mol. The number of nitrogens with zero attached hydrogens (tertiary/aromatic N) is 1. The topological polar surface area (TPSA) is 130 Å². The number of carbonyl (C=O) groups excluding carboxylic acids is 3. The monoisotopic (exact) mass is 486 g/mol. The molecule has 0 aromatic heterocycles. The van der Waals surface area contributed by atoms with Gasteiger partial charge in [-0.2, -0.15) is 26.3 Å². The van der Waals surface area contributed by atoms with E-state index in [-0.39, 0.29) is 6.54 Å². The van der Waals surface area contributed by atoms with Gasteiger partial charge in [0.1, 0.15) is 11.5 Å². The first-order valence-corrected chi connectivity index (χ1v) is 9.98. The molecular formula is C15H18F6NO8S-. The highest BCUT2D eigenvalue weighted by Gasteiger charge is 2.75. The molecule has 16 heteroatoms. The van der Waals surface area contributed by atoms with E-state index in [0.29, 0.717) is 4.90 Å². The van der Waals surface area contributed by atoms with Gasteiger partial charge in [-0.1, -0.05) is 0 Å². The fourth-order valence-corrected chi connectivity index (χ4v) is 3.38. The van der Waals surface area contributed by atoms with Crippen LogP contribution in [0.25, 0.3) is 0 Å². The number of ketones is 1. The van der Waals surface area contributed by atoms with Gasteiger partial charge in [-0.05, 0) is 20.8 Å². The normalized spacial score (nSPS) is 19.2. The summed E-state index contributed by atoms with van der Waals surface area (Å²) in [5.41, 5.74) is -6.75. The van der Waals surface area contributed by atoms with E-state index in [1.165, 1.54) is 20.8 Å². The van der Waals surface area contributed by atoms with Crippen LogP contribution in [0, 0.1) is 5.92 Å². The Morgan fingerprint density at radius 2 is 1.55 bits per heavy atom. The lowest BCUT2D eigenvalue weighted by Gasteiger charge is -2.38. The van der Waals surface area contributed by atoms with Gasteiger partial charge in [0.05, 0.1) is 15.9 Å². The van der Waals surface area contributed by atoms with E-state index in [9.17, 15) is 53.7 Å². The van der Waals surface area contributed by atoms with Gasteiger partial charge in [0, 0.05) is 19.5 Å². The van der Waals surface area contributed by atoms with Crippen LogP contribution in [-0.4, -0.2) is 78.1 Å². The van der Waals surface area contributed by atoms with Gasteiger partial charge in [0.15, 0.2) is 5.78 Å². The van der Waals surface area contributed by atoms with E-state index in [1.54, 1.807) is 0 Å². The van der Waals surface area contributed by atoms with Crippen molar-refractivity contribution < 1.29 is 63.2 Å². The summed E-state index contributed by atoms with van der Waals surface area (Å²) in [5.74, 6) is -9.01. The number of likely N-dealkylation sites (tertiary alicyclic amines) is 1. The number of piperidine rings is 1. The fraction of sp³-hybridized carbons (Fsp3) is 0.800. The number of carbonyl (C=O) groups is 3. The molecule has 0 aliphatic carbocycles. The van der Waals surface area contributed by atoms with Crippen LogP contribution in [0.1, 0.15) is 27.2 Å². The molecule has 1 saturated heterocycles. The lowest BCUT2D eigenvalue weighted by atomic mass is 9.96. The second-order valence-corrected chi connectivity index (χ2v) is 9.04. The van der Waals surface area contributed by atoms with Crippen LogP contribution in [0.4, 0.5) is 31.1 Å². The number of rotatable bonds is 4. The minimum atomic E-state index is -6.57. The third kappa shape index (κ3) is 6.69. The smallest absolute Gasteiger partial charge is 0.438 e. The van der Waals surface area contributed by atoms with E-state index in [4.69, 9.17) is 4.74 Å². The van der Waals surface area contributed by atoms with Crippen LogP contribution < -0.4 is 0 Å². The Morgan fingerprint density at radius 1 is 1.06 bits per heavy atom. The standard InChI is InChI=1S/C15H19F6NO8S/c1-12(2,3)30-11(25)22-5-4-9(23)8(6-22)10(24)29-13(14(16,17)18,15(19,20)21)7-31(26,27)28/h8H,4-7H2,1-3H3,(H,26,27,28)/p-1. The molecule has 0 bridgehead atoms. The molecule has 1 unspecified atom stereocenters. The summed E-state index contributed by atoms with van der Waals surface area (Å²) in [5, 5.41) is 0. The Kier molecular flexibility index (Phi) is 7.34. The molecule has 180 valence electrons. The number of esters is 1. The van der Waals surface area contributed by atoms with Gasteiger partial charge in [-0.3, -0.25) is 9.59 Å². The number of hydrogen-bond donors (Lipinski definition) is 0. The van der Waals surface area contributed by atoms with Crippen LogP contribution in [0.15, 0.2) is 0 Å². The first-order valence-electron chi connectivity index (χ1n) is 8.40. The van der Waals surface area contributed by atoms with Gasteiger partial charge in [-0.15, -0.1) is 0 Å². The highest BCUT2D eigenvalue weighted by Crippen LogP contribution is 2.47. The molecule has 1 heterocycles. The predicted octanol–water partition coefficient (Wildman–Crippen LogP) is 1.76. The molecule has 0 N–H and O–H groups in total. The van der Waals surface area contributed by atoms with E-state index < -0.39 is 76.2 Å². The Labute approximate surface area is 172 Å². The first kappa shape index (κ1) is 26.9. The molecule has 31 heavy (non-hydrogen) atoms. The third-order valence-electron chi connectivity index (χ3n) is 3.93. The van der Waals surface area contributed by atoms with Crippen molar-refractivity contribution in [2.45, 2.75) is 50.7 Å². The molecule has 1 fully saturated rings. The fourth-order valence-electron chi connectivity index (χ4n) is 2.49. The van der Waals surface area contributed by atoms with Crippen molar-refractivity contribution in [1.29, 1.82) is 0 Å².